The average Bonchev–Trinajstić information content (AvgIpc) is 3.43. The summed E-state index contributed by atoms with van der Waals surface area (Å²) in [6.07, 6.45) is 0.844. The first-order chi connectivity index (χ1) is 15.2. The monoisotopic (exact) mass is 406 g/mol. The van der Waals surface area contributed by atoms with E-state index in [-0.39, 0.29) is 11.9 Å². The van der Waals surface area contributed by atoms with E-state index < -0.39 is 0 Å². The molecule has 0 radical (unpaired) electrons. The molecule has 0 unspecified atom stereocenters. The van der Waals surface area contributed by atoms with Crippen molar-refractivity contribution < 1.29 is 4.79 Å². The third-order valence-electron chi connectivity index (χ3n) is 5.65. The van der Waals surface area contributed by atoms with Gasteiger partial charge in [0.25, 0.3) is 5.91 Å². The number of nitrogens with zero attached hydrogens (tertiary/aromatic N) is 2. The summed E-state index contributed by atoms with van der Waals surface area (Å²) < 4.78 is 0. The number of hydrogen-bond donors (Lipinski definition) is 2. The first-order valence-corrected chi connectivity index (χ1v) is 10.4. The Morgan fingerprint density at radius 1 is 1.03 bits per heavy atom. The van der Waals surface area contributed by atoms with Crippen LogP contribution < -0.4 is 5.73 Å². The number of aromatic amines is 1. The zero-order chi connectivity index (χ0) is 21.2. The Morgan fingerprint density at radius 2 is 1.84 bits per heavy atom. The fourth-order valence-electron chi connectivity index (χ4n) is 3.98. The lowest BCUT2D eigenvalue weighted by Gasteiger charge is -2.15. The molecule has 1 aliphatic heterocycles. The van der Waals surface area contributed by atoms with E-state index in [4.69, 9.17) is 5.73 Å². The van der Waals surface area contributed by atoms with Gasteiger partial charge in [0.1, 0.15) is 5.69 Å². The standard InChI is InChI=1S/C26H22N4O/c27-21-14-15-30(17-21)26(31)20-11-13-25-23(16-20)24(28-29-25)12-10-19-8-4-5-9-22(19)18-6-2-1-3-7-18/h1-9,11,13,16,21H,14-15,17,27H2,(H,28,29)/t21-/m1/s1. The fourth-order valence-corrected chi connectivity index (χ4v) is 3.98. The second-order valence-electron chi connectivity index (χ2n) is 7.79. The van der Waals surface area contributed by atoms with Crippen molar-refractivity contribution in [1.29, 1.82) is 0 Å². The number of amides is 1. The van der Waals surface area contributed by atoms with Crippen molar-refractivity contribution in [2.75, 3.05) is 13.1 Å². The van der Waals surface area contributed by atoms with E-state index in [1.807, 2.05) is 59.5 Å². The summed E-state index contributed by atoms with van der Waals surface area (Å²) in [5.41, 5.74) is 11.2. The Kier molecular flexibility index (Phi) is 4.99. The van der Waals surface area contributed by atoms with Gasteiger partial charge in [-0.1, -0.05) is 54.5 Å². The van der Waals surface area contributed by atoms with Crippen LogP contribution in [-0.2, 0) is 0 Å². The van der Waals surface area contributed by atoms with Gasteiger partial charge < -0.3 is 10.6 Å². The van der Waals surface area contributed by atoms with E-state index >= 15 is 0 Å². The van der Waals surface area contributed by atoms with Crippen molar-refractivity contribution in [1.82, 2.24) is 15.1 Å². The van der Waals surface area contributed by atoms with Crippen molar-refractivity contribution in [3.63, 3.8) is 0 Å². The number of hydrogen-bond acceptors (Lipinski definition) is 3. The Hall–Kier alpha value is -3.88. The number of nitrogens with two attached hydrogens (primary N) is 1. The van der Waals surface area contributed by atoms with E-state index in [2.05, 4.69) is 40.2 Å². The molecule has 1 aromatic heterocycles. The minimum absolute atomic E-state index is 0.00406. The number of aromatic nitrogens is 2. The van der Waals surface area contributed by atoms with Crippen LogP contribution in [-0.4, -0.2) is 40.1 Å². The largest absolute Gasteiger partial charge is 0.337 e. The van der Waals surface area contributed by atoms with Crippen LogP contribution in [0.15, 0.2) is 72.8 Å². The summed E-state index contributed by atoms with van der Waals surface area (Å²) in [6, 6.07) is 23.9. The lowest BCUT2D eigenvalue weighted by Crippen LogP contribution is -2.31. The lowest BCUT2D eigenvalue weighted by molar-refractivity contribution is 0.0791. The Morgan fingerprint density at radius 3 is 2.65 bits per heavy atom. The molecule has 152 valence electrons. The number of carbonyl (C=O) groups is 1. The summed E-state index contributed by atoms with van der Waals surface area (Å²) in [7, 11) is 0. The predicted octanol–water partition coefficient (Wildman–Crippen LogP) is 3.80. The zero-order valence-corrected chi connectivity index (χ0v) is 17.0. The van der Waals surface area contributed by atoms with Crippen LogP contribution in [0.5, 0.6) is 0 Å². The number of carbonyl (C=O) groups excluding carboxylic acids is 1. The van der Waals surface area contributed by atoms with E-state index in [1.165, 1.54) is 0 Å². The molecule has 1 atom stereocenters. The quantitative estimate of drug-likeness (QED) is 0.497. The molecule has 0 aliphatic carbocycles. The number of benzene rings is 3. The van der Waals surface area contributed by atoms with Crippen LogP contribution in [0.3, 0.4) is 0 Å². The van der Waals surface area contributed by atoms with Crippen molar-refractivity contribution >= 4 is 16.8 Å². The molecule has 3 N–H and O–H groups in total. The third-order valence-corrected chi connectivity index (χ3v) is 5.65. The van der Waals surface area contributed by atoms with Gasteiger partial charge in [-0.3, -0.25) is 9.89 Å². The molecule has 1 amide bonds. The first kappa shape index (κ1) is 19.1. The molecule has 5 heteroatoms. The lowest BCUT2D eigenvalue weighted by atomic mass is 10.00. The number of H-pyrrole nitrogens is 1. The molecule has 31 heavy (non-hydrogen) atoms. The molecule has 0 bridgehead atoms. The van der Waals surface area contributed by atoms with E-state index in [1.54, 1.807) is 0 Å². The molecule has 4 aromatic rings. The molecule has 0 saturated carbocycles. The number of likely N-dealkylation sites (tertiary alicyclic amines) is 1. The van der Waals surface area contributed by atoms with E-state index in [9.17, 15) is 4.79 Å². The third kappa shape index (κ3) is 3.81. The average molecular weight is 406 g/mol. The van der Waals surface area contributed by atoms with Crippen LogP contribution in [0.2, 0.25) is 0 Å². The van der Waals surface area contributed by atoms with Gasteiger partial charge in [0.15, 0.2) is 0 Å². The maximum atomic E-state index is 12.9. The van der Waals surface area contributed by atoms with Gasteiger partial charge in [-0.2, -0.15) is 5.10 Å². The smallest absolute Gasteiger partial charge is 0.253 e. The van der Waals surface area contributed by atoms with Gasteiger partial charge in [0.05, 0.1) is 5.52 Å². The van der Waals surface area contributed by atoms with Crippen molar-refractivity contribution in [3.8, 4) is 23.0 Å². The second kappa shape index (κ2) is 8.10. The maximum absolute atomic E-state index is 12.9. The van der Waals surface area contributed by atoms with Crippen molar-refractivity contribution in [2.45, 2.75) is 12.5 Å². The second-order valence-corrected chi connectivity index (χ2v) is 7.79. The molecule has 1 saturated heterocycles. The number of fused-ring (bicyclic) bond motifs is 1. The van der Waals surface area contributed by atoms with Gasteiger partial charge in [0.2, 0.25) is 0 Å². The summed E-state index contributed by atoms with van der Waals surface area (Å²) >= 11 is 0. The van der Waals surface area contributed by atoms with Crippen LogP contribution in [0.25, 0.3) is 22.0 Å². The normalized spacial score (nSPS) is 15.6. The fraction of sp³-hybridized carbons (Fsp3) is 0.154. The van der Waals surface area contributed by atoms with Gasteiger partial charge in [-0.25, -0.2) is 0 Å². The van der Waals surface area contributed by atoms with Crippen LogP contribution >= 0.6 is 0 Å². The van der Waals surface area contributed by atoms with Crippen molar-refractivity contribution in [3.05, 3.63) is 89.6 Å². The van der Waals surface area contributed by atoms with Crippen LogP contribution in [0.1, 0.15) is 28.0 Å². The highest BCUT2D eigenvalue weighted by Crippen LogP contribution is 2.23. The number of rotatable bonds is 2. The maximum Gasteiger partial charge on any atom is 0.253 e. The van der Waals surface area contributed by atoms with Gasteiger partial charge >= 0.3 is 0 Å². The SMILES string of the molecule is N[C@@H]1CCN(C(=O)c2ccc3n[nH]c(C#Cc4ccccc4-c4ccccc4)c3c2)C1. The Labute approximate surface area is 180 Å². The predicted molar refractivity (Wildman–Crippen MR) is 122 cm³/mol. The van der Waals surface area contributed by atoms with Crippen LogP contribution in [0, 0.1) is 11.8 Å². The molecule has 1 fully saturated rings. The van der Waals surface area contributed by atoms with Gasteiger partial charge in [0, 0.05) is 35.6 Å². The van der Waals surface area contributed by atoms with Crippen LogP contribution in [0.4, 0.5) is 0 Å². The highest BCUT2D eigenvalue weighted by molar-refractivity contribution is 5.99. The highest BCUT2D eigenvalue weighted by Gasteiger charge is 2.24. The summed E-state index contributed by atoms with van der Waals surface area (Å²) in [6.45, 7) is 1.30. The van der Waals surface area contributed by atoms with Crippen molar-refractivity contribution in [2.24, 2.45) is 5.73 Å². The highest BCUT2D eigenvalue weighted by atomic mass is 16.2. The summed E-state index contributed by atoms with van der Waals surface area (Å²) in [5, 5.41) is 8.21. The molecular weight excluding hydrogens is 384 g/mol. The molecule has 5 nitrogen and oxygen atoms in total. The summed E-state index contributed by atoms with van der Waals surface area (Å²) in [5.74, 6) is 6.51. The topological polar surface area (TPSA) is 75.0 Å². The molecule has 1 aliphatic rings. The minimum Gasteiger partial charge on any atom is -0.337 e. The molecule has 5 rings (SSSR count). The molecular formula is C26H22N4O. The zero-order valence-electron chi connectivity index (χ0n) is 17.0. The summed E-state index contributed by atoms with van der Waals surface area (Å²) in [4.78, 5) is 14.7. The van der Waals surface area contributed by atoms with Gasteiger partial charge in [-0.05, 0) is 47.7 Å². The van der Waals surface area contributed by atoms with E-state index in [0.717, 1.165) is 34.0 Å². The Bertz CT molecular complexity index is 1310. The van der Waals surface area contributed by atoms with E-state index in [0.29, 0.717) is 24.3 Å². The first-order valence-electron chi connectivity index (χ1n) is 10.4. The van der Waals surface area contributed by atoms with Gasteiger partial charge in [-0.15, -0.1) is 0 Å². The number of nitrogens with one attached hydrogen (secondary N) is 1. The molecule has 2 heterocycles. The molecule has 3 aromatic carbocycles. The minimum atomic E-state index is 0.00406. The molecule has 0 spiro atoms. The Balaban J connectivity index is 1.49.